The predicted octanol–water partition coefficient (Wildman–Crippen LogP) is 0.444. The van der Waals surface area contributed by atoms with Gasteiger partial charge in [0.25, 0.3) is 0 Å². The van der Waals surface area contributed by atoms with Crippen LogP contribution in [-0.2, 0) is 19.5 Å². The van der Waals surface area contributed by atoms with Crippen LogP contribution in [0.25, 0.3) is 0 Å². The Morgan fingerprint density at radius 3 is 3.17 bits per heavy atom. The number of aliphatic hydroxyl groups excluding tert-OH is 1. The van der Waals surface area contributed by atoms with Gasteiger partial charge in [-0.2, -0.15) is 10.1 Å². The lowest BCUT2D eigenvalue weighted by molar-refractivity contribution is 0.126. The summed E-state index contributed by atoms with van der Waals surface area (Å²) >= 11 is 0. The van der Waals surface area contributed by atoms with Crippen molar-refractivity contribution in [2.24, 2.45) is 0 Å². The van der Waals surface area contributed by atoms with Crippen LogP contribution in [0.3, 0.4) is 0 Å². The highest BCUT2D eigenvalue weighted by Gasteiger charge is 2.21. The first-order valence-electron chi connectivity index (χ1n) is 8.65. The summed E-state index contributed by atoms with van der Waals surface area (Å²) in [7, 11) is 0. The molecule has 0 bridgehead atoms. The first kappa shape index (κ1) is 17.1. The number of rotatable bonds is 8. The van der Waals surface area contributed by atoms with Crippen LogP contribution in [0.2, 0.25) is 0 Å². The third-order valence-corrected chi connectivity index (χ3v) is 4.28. The minimum atomic E-state index is -0.440. The van der Waals surface area contributed by atoms with Crippen LogP contribution in [0, 0.1) is 0 Å². The maximum Gasteiger partial charge on any atom is 0.226 e. The second-order valence-corrected chi connectivity index (χ2v) is 6.32. The van der Waals surface area contributed by atoms with Crippen molar-refractivity contribution in [1.29, 1.82) is 0 Å². The second-order valence-electron chi connectivity index (χ2n) is 6.32. The van der Waals surface area contributed by atoms with Gasteiger partial charge >= 0.3 is 0 Å². The molecule has 0 amide bonds. The molecule has 0 radical (unpaired) electrons. The van der Waals surface area contributed by atoms with Gasteiger partial charge in [-0.15, -0.1) is 0 Å². The van der Waals surface area contributed by atoms with Crippen LogP contribution in [0.5, 0.6) is 0 Å². The van der Waals surface area contributed by atoms with E-state index in [0.29, 0.717) is 25.0 Å². The molecule has 1 aliphatic heterocycles. The molecule has 3 rings (SSSR count). The quantitative estimate of drug-likeness (QED) is 0.724. The molecular formula is C16H26N6O2. The van der Waals surface area contributed by atoms with E-state index in [1.807, 2.05) is 19.2 Å². The van der Waals surface area contributed by atoms with E-state index in [9.17, 15) is 5.11 Å². The molecule has 2 aromatic heterocycles. The van der Waals surface area contributed by atoms with Gasteiger partial charge in [-0.3, -0.25) is 9.58 Å². The first-order valence-corrected chi connectivity index (χ1v) is 8.65. The van der Waals surface area contributed by atoms with Gasteiger partial charge in [-0.25, -0.2) is 0 Å². The molecule has 2 atom stereocenters. The van der Waals surface area contributed by atoms with Crippen LogP contribution in [0.1, 0.15) is 31.5 Å². The first-order chi connectivity index (χ1) is 11.7. The minimum absolute atomic E-state index is 0.378. The van der Waals surface area contributed by atoms with E-state index in [1.54, 1.807) is 10.9 Å². The number of nitrogens with one attached hydrogen (secondary N) is 1. The van der Waals surface area contributed by atoms with Gasteiger partial charge in [0.2, 0.25) is 5.89 Å². The largest absolute Gasteiger partial charge is 0.390 e. The molecule has 2 N–H and O–H groups in total. The molecule has 1 aliphatic rings. The van der Waals surface area contributed by atoms with Gasteiger partial charge in [0, 0.05) is 37.9 Å². The summed E-state index contributed by atoms with van der Waals surface area (Å²) in [5.41, 5.74) is 0. The number of aromatic nitrogens is 4. The molecule has 1 saturated heterocycles. The van der Waals surface area contributed by atoms with Crippen molar-refractivity contribution in [1.82, 2.24) is 30.1 Å². The van der Waals surface area contributed by atoms with E-state index < -0.39 is 6.10 Å². The Morgan fingerprint density at radius 2 is 2.42 bits per heavy atom. The molecule has 0 aliphatic carbocycles. The highest BCUT2D eigenvalue weighted by atomic mass is 16.5. The number of hydrogen-bond acceptors (Lipinski definition) is 7. The zero-order valence-electron chi connectivity index (χ0n) is 14.1. The molecule has 0 unspecified atom stereocenters. The molecule has 132 valence electrons. The number of aryl methyl sites for hydroxylation is 1. The second kappa shape index (κ2) is 8.36. The number of aliphatic hydroxyl groups is 1. The van der Waals surface area contributed by atoms with E-state index in [-0.39, 0.29) is 0 Å². The average Bonchev–Trinajstić information content (AvgIpc) is 3.25. The fourth-order valence-electron chi connectivity index (χ4n) is 3.06. The summed E-state index contributed by atoms with van der Waals surface area (Å²) < 4.78 is 6.92. The Morgan fingerprint density at radius 1 is 1.50 bits per heavy atom. The SMILES string of the molecule is CCc1nc(CN2CCC[C@H](NC[C@@H](O)Cn3cccn3)C2)no1. The Bertz CT molecular complexity index is 599. The summed E-state index contributed by atoms with van der Waals surface area (Å²) in [5, 5.41) is 21.7. The third kappa shape index (κ3) is 4.86. The van der Waals surface area contributed by atoms with Gasteiger partial charge in [-0.05, 0) is 25.5 Å². The topological polar surface area (TPSA) is 92.2 Å². The number of likely N-dealkylation sites (tertiary alicyclic amines) is 1. The Labute approximate surface area is 141 Å². The van der Waals surface area contributed by atoms with Gasteiger partial charge in [0.15, 0.2) is 5.82 Å². The van der Waals surface area contributed by atoms with Crippen molar-refractivity contribution < 1.29 is 9.63 Å². The van der Waals surface area contributed by atoms with Crippen molar-refractivity contribution in [3.63, 3.8) is 0 Å². The highest BCUT2D eigenvalue weighted by Crippen LogP contribution is 2.13. The molecule has 8 heteroatoms. The number of piperidine rings is 1. The molecule has 1 fully saturated rings. The standard InChI is InChI=1S/C16H26N6O2/c1-2-16-19-15(20-24-16)12-21-7-3-5-13(10-21)17-9-14(23)11-22-8-4-6-18-22/h4,6,8,13-14,17,23H,2-3,5,7,9-12H2,1H3/t13-,14+/m0/s1. The molecule has 3 heterocycles. The average molecular weight is 334 g/mol. The fraction of sp³-hybridized carbons (Fsp3) is 0.688. The van der Waals surface area contributed by atoms with Gasteiger partial charge < -0.3 is 14.9 Å². The summed E-state index contributed by atoms with van der Waals surface area (Å²) in [6.07, 6.45) is 6.17. The maximum atomic E-state index is 10.1. The van der Waals surface area contributed by atoms with Crippen molar-refractivity contribution >= 4 is 0 Å². The monoisotopic (exact) mass is 334 g/mol. The highest BCUT2D eigenvalue weighted by molar-refractivity contribution is 4.88. The number of hydrogen-bond donors (Lipinski definition) is 2. The smallest absolute Gasteiger partial charge is 0.226 e. The summed E-state index contributed by atoms with van der Waals surface area (Å²) in [4.78, 5) is 6.71. The van der Waals surface area contributed by atoms with E-state index in [0.717, 1.165) is 44.7 Å². The molecule has 8 nitrogen and oxygen atoms in total. The fourth-order valence-corrected chi connectivity index (χ4v) is 3.06. The van der Waals surface area contributed by atoms with Crippen LogP contribution in [-0.4, -0.2) is 61.7 Å². The van der Waals surface area contributed by atoms with Crippen LogP contribution in [0.15, 0.2) is 23.0 Å². The van der Waals surface area contributed by atoms with Gasteiger partial charge in [-0.1, -0.05) is 12.1 Å². The van der Waals surface area contributed by atoms with Crippen molar-refractivity contribution in [2.45, 2.75) is 51.4 Å². The maximum absolute atomic E-state index is 10.1. The van der Waals surface area contributed by atoms with Crippen LogP contribution < -0.4 is 5.32 Å². The molecule has 0 aromatic carbocycles. The van der Waals surface area contributed by atoms with E-state index in [2.05, 4.69) is 25.5 Å². The van der Waals surface area contributed by atoms with E-state index in [1.165, 1.54) is 0 Å². The van der Waals surface area contributed by atoms with Crippen LogP contribution in [0.4, 0.5) is 0 Å². The molecular weight excluding hydrogens is 308 g/mol. The molecule has 0 spiro atoms. The van der Waals surface area contributed by atoms with Gasteiger partial charge in [0.05, 0.1) is 19.2 Å². The van der Waals surface area contributed by atoms with Gasteiger partial charge in [0.1, 0.15) is 0 Å². The minimum Gasteiger partial charge on any atom is -0.390 e. The third-order valence-electron chi connectivity index (χ3n) is 4.28. The molecule has 2 aromatic rings. The lowest BCUT2D eigenvalue weighted by atomic mass is 10.1. The van der Waals surface area contributed by atoms with Crippen molar-refractivity contribution in [3.05, 3.63) is 30.2 Å². The number of nitrogens with zero attached hydrogens (tertiary/aromatic N) is 5. The molecule has 0 saturated carbocycles. The van der Waals surface area contributed by atoms with Crippen molar-refractivity contribution in [2.75, 3.05) is 19.6 Å². The zero-order valence-corrected chi connectivity index (χ0v) is 14.1. The Hall–Kier alpha value is -1.77. The van der Waals surface area contributed by atoms with Crippen molar-refractivity contribution in [3.8, 4) is 0 Å². The zero-order chi connectivity index (χ0) is 16.8. The van der Waals surface area contributed by atoms with E-state index in [4.69, 9.17) is 4.52 Å². The lowest BCUT2D eigenvalue weighted by Crippen LogP contribution is -2.47. The van der Waals surface area contributed by atoms with E-state index >= 15 is 0 Å². The normalized spacial score (nSPS) is 20.3. The summed E-state index contributed by atoms with van der Waals surface area (Å²) in [6, 6.07) is 2.24. The Kier molecular flexibility index (Phi) is 5.95. The lowest BCUT2D eigenvalue weighted by Gasteiger charge is -2.32. The molecule has 24 heavy (non-hydrogen) atoms. The predicted molar refractivity (Wildman–Crippen MR) is 88.2 cm³/mol. The summed E-state index contributed by atoms with van der Waals surface area (Å²) in [6.45, 7) is 5.79. The Balaban J connectivity index is 1.41. The van der Waals surface area contributed by atoms with Crippen LogP contribution >= 0.6 is 0 Å². The summed E-state index contributed by atoms with van der Waals surface area (Å²) in [5.74, 6) is 1.45.